The van der Waals surface area contributed by atoms with Crippen LogP contribution in [-0.2, 0) is 13.6 Å². The van der Waals surface area contributed by atoms with Crippen LogP contribution < -0.4 is 16.4 Å². The molecule has 7 heteroatoms. The van der Waals surface area contributed by atoms with Gasteiger partial charge in [0.05, 0.1) is 12.0 Å². The van der Waals surface area contributed by atoms with Crippen molar-refractivity contribution in [3.8, 4) is 0 Å². The van der Waals surface area contributed by atoms with Gasteiger partial charge in [0, 0.05) is 38.3 Å². The van der Waals surface area contributed by atoms with Crippen molar-refractivity contribution >= 4 is 5.91 Å². The number of pyridine rings is 1. The van der Waals surface area contributed by atoms with Gasteiger partial charge in [-0.3, -0.25) is 19.0 Å². The second kappa shape index (κ2) is 7.46. The molecule has 1 aliphatic rings. The van der Waals surface area contributed by atoms with Gasteiger partial charge in [-0.25, -0.2) is 4.98 Å². The summed E-state index contributed by atoms with van der Waals surface area (Å²) in [5.41, 5.74) is 0.504. The van der Waals surface area contributed by atoms with Gasteiger partial charge in [-0.15, -0.1) is 0 Å². The Bertz CT molecular complexity index is 878. The zero-order valence-electron chi connectivity index (χ0n) is 14.3. The molecule has 3 rings (SSSR count). The van der Waals surface area contributed by atoms with Crippen molar-refractivity contribution in [1.29, 1.82) is 0 Å². The molecular formula is C18H22N4O3. The number of hydrogen-bond donors (Lipinski definition) is 1. The van der Waals surface area contributed by atoms with Crippen LogP contribution in [0.4, 0.5) is 0 Å². The van der Waals surface area contributed by atoms with Crippen molar-refractivity contribution in [3.63, 3.8) is 0 Å². The second-order valence-electron chi connectivity index (χ2n) is 6.42. The Kier molecular flexibility index (Phi) is 5.11. The highest BCUT2D eigenvalue weighted by Crippen LogP contribution is 2.32. The molecule has 0 spiro atoms. The molecule has 7 nitrogen and oxygen atoms in total. The van der Waals surface area contributed by atoms with E-state index in [9.17, 15) is 14.4 Å². The normalized spacial score (nSPS) is 14.6. The number of hydrogen-bond acceptors (Lipinski definition) is 4. The highest BCUT2D eigenvalue weighted by atomic mass is 16.2. The molecule has 25 heavy (non-hydrogen) atoms. The van der Waals surface area contributed by atoms with E-state index < -0.39 is 5.91 Å². The van der Waals surface area contributed by atoms with E-state index in [1.165, 1.54) is 28.0 Å². The van der Waals surface area contributed by atoms with Crippen LogP contribution >= 0.6 is 0 Å². The maximum absolute atomic E-state index is 12.2. The van der Waals surface area contributed by atoms with Crippen LogP contribution in [0.1, 0.15) is 47.7 Å². The molecule has 2 aromatic rings. The molecule has 0 unspecified atom stereocenters. The SMILES string of the molecule is Cn1cccc(C(=O)NCCn2cnc(C3CCCC3)cc2=O)c1=O. The molecule has 132 valence electrons. The minimum Gasteiger partial charge on any atom is -0.350 e. The molecule has 2 aromatic heterocycles. The third kappa shape index (κ3) is 3.87. The number of nitrogens with zero attached hydrogens (tertiary/aromatic N) is 3. The number of aromatic nitrogens is 3. The van der Waals surface area contributed by atoms with E-state index in [1.54, 1.807) is 31.7 Å². The summed E-state index contributed by atoms with van der Waals surface area (Å²) in [5.74, 6) is -0.0406. The Morgan fingerprint density at radius 2 is 2.08 bits per heavy atom. The van der Waals surface area contributed by atoms with Gasteiger partial charge in [0.1, 0.15) is 5.56 Å². The summed E-state index contributed by atoms with van der Waals surface area (Å²) in [7, 11) is 1.59. The van der Waals surface area contributed by atoms with E-state index in [1.807, 2.05) is 0 Å². The fraction of sp³-hybridized carbons (Fsp3) is 0.444. The van der Waals surface area contributed by atoms with E-state index in [0.29, 0.717) is 12.5 Å². The summed E-state index contributed by atoms with van der Waals surface area (Å²) in [4.78, 5) is 40.6. The molecule has 1 N–H and O–H groups in total. The van der Waals surface area contributed by atoms with Crippen molar-refractivity contribution < 1.29 is 4.79 Å². The first-order valence-electron chi connectivity index (χ1n) is 8.56. The first-order valence-corrected chi connectivity index (χ1v) is 8.56. The van der Waals surface area contributed by atoms with Crippen LogP contribution in [0.15, 0.2) is 40.3 Å². The van der Waals surface area contributed by atoms with Crippen LogP contribution in [0.5, 0.6) is 0 Å². The molecule has 0 radical (unpaired) electrons. The van der Waals surface area contributed by atoms with Crippen LogP contribution in [0.2, 0.25) is 0 Å². The lowest BCUT2D eigenvalue weighted by Gasteiger charge is -2.11. The molecule has 0 bridgehead atoms. The van der Waals surface area contributed by atoms with Crippen LogP contribution in [0.25, 0.3) is 0 Å². The molecule has 1 amide bonds. The molecule has 0 saturated heterocycles. The summed E-state index contributed by atoms with van der Waals surface area (Å²) in [6.45, 7) is 0.566. The number of nitrogens with one attached hydrogen (secondary N) is 1. The quantitative estimate of drug-likeness (QED) is 0.879. The Morgan fingerprint density at radius 1 is 1.32 bits per heavy atom. The number of carbonyl (C=O) groups excluding carboxylic acids is 1. The first-order chi connectivity index (χ1) is 12.1. The first kappa shape index (κ1) is 17.1. The van der Waals surface area contributed by atoms with Crippen molar-refractivity contribution in [1.82, 2.24) is 19.4 Å². The predicted octanol–water partition coefficient (Wildman–Crippen LogP) is 1.03. The minimum atomic E-state index is -0.440. The highest BCUT2D eigenvalue weighted by molar-refractivity contribution is 5.93. The van der Waals surface area contributed by atoms with Gasteiger partial charge < -0.3 is 9.88 Å². The lowest BCUT2D eigenvalue weighted by Crippen LogP contribution is -2.35. The van der Waals surface area contributed by atoms with E-state index >= 15 is 0 Å². The fourth-order valence-corrected chi connectivity index (χ4v) is 3.21. The summed E-state index contributed by atoms with van der Waals surface area (Å²) < 4.78 is 2.83. The molecule has 1 saturated carbocycles. The molecule has 0 atom stereocenters. The van der Waals surface area contributed by atoms with Crippen LogP contribution in [0, 0.1) is 0 Å². The van der Waals surface area contributed by atoms with Crippen molar-refractivity contribution in [2.24, 2.45) is 7.05 Å². The maximum atomic E-state index is 12.2. The summed E-state index contributed by atoms with van der Waals surface area (Å²) >= 11 is 0. The Balaban J connectivity index is 1.60. The molecule has 0 aliphatic heterocycles. The lowest BCUT2D eigenvalue weighted by molar-refractivity contribution is 0.0950. The van der Waals surface area contributed by atoms with Crippen molar-refractivity contribution in [2.45, 2.75) is 38.1 Å². The number of aryl methyl sites for hydroxylation is 1. The van der Waals surface area contributed by atoms with Gasteiger partial charge in [-0.2, -0.15) is 0 Å². The smallest absolute Gasteiger partial charge is 0.263 e. The Labute approximate surface area is 145 Å². The summed E-state index contributed by atoms with van der Waals surface area (Å²) in [6, 6.07) is 4.74. The molecule has 1 aliphatic carbocycles. The van der Waals surface area contributed by atoms with Crippen molar-refractivity contribution in [2.75, 3.05) is 6.54 Å². The van der Waals surface area contributed by atoms with Crippen LogP contribution in [-0.4, -0.2) is 26.6 Å². The number of amides is 1. The zero-order chi connectivity index (χ0) is 17.8. The number of carbonyl (C=O) groups is 1. The van der Waals surface area contributed by atoms with Gasteiger partial charge in [0.15, 0.2) is 0 Å². The summed E-state index contributed by atoms with van der Waals surface area (Å²) in [5, 5.41) is 2.67. The minimum absolute atomic E-state index is 0.0899. The largest absolute Gasteiger partial charge is 0.350 e. The second-order valence-corrected chi connectivity index (χ2v) is 6.42. The predicted molar refractivity (Wildman–Crippen MR) is 93.7 cm³/mol. The third-order valence-electron chi connectivity index (χ3n) is 4.68. The average molecular weight is 342 g/mol. The fourth-order valence-electron chi connectivity index (χ4n) is 3.21. The average Bonchev–Trinajstić information content (AvgIpc) is 3.13. The zero-order valence-corrected chi connectivity index (χ0v) is 14.3. The monoisotopic (exact) mass is 342 g/mol. The highest BCUT2D eigenvalue weighted by Gasteiger charge is 2.19. The maximum Gasteiger partial charge on any atom is 0.263 e. The van der Waals surface area contributed by atoms with E-state index in [-0.39, 0.29) is 23.2 Å². The van der Waals surface area contributed by atoms with Gasteiger partial charge in [-0.05, 0) is 25.0 Å². The van der Waals surface area contributed by atoms with Crippen molar-refractivity contribution in [3.05, 3.63) is 62.7 Å². The van der Waals surface area contributed by atoms with E-state index in [4.69, 9.17) is 0 Å². The summed E-state index contributed by atoms with van der Waals surface area (Å²) in [6.07, 6.45) is 7.72. The molecule has 2 heterocycles. The number of rotatable bonds is 5. The lowest BCUT2D eigenvalue weighted by atomic mass is 10.0. The van der Waals surface area contributed by atoms with E-state index in [2.05, 4.69) is 10.3 Å². The third-order valence-corrected chi connectivity index (χ3v) is 4.68. The van der Waals surface area contributed by atoms with Gasteiger partial charge in [0.25, 0.3) is 17.0 Å². The standard InChI is InChI=1S/C18H22N4O3/c1-21-9-4-7-14(18(21)25)17(24)19-8-10-22-12-20-15(11-16(22)23)13-5-2-3-6-13/h4,7,9,11-13H,2-3,5-6,8,10H2,1H3,(H,19,24). The van der Waals surface area contributed by atoms with Gasteiger partial charge >= 0.3 is 0 Å². The molecule has 0 aromatic carbocycles. The topological polar surface area (TPSA) is 86.0 Å². The van der Waals surface area contributed by atoms with Gasteiger partial charge in [0.2, 0.25) is 0 Å². The van der Waals surface area contributed by atoms with Crippen LogP contribution in [0.3, 0.4) is 0 Å². The van der Waals surface area contributed by atoms with E-state index in [0.717, 1.165) is 18.5 Å². The Morgan fingerprint density at radius 3 is 2.80 bits per heavy atom. The molecular weight excluding hydrogens is 320 g/mol. The molecule has 1 fully saturated rings. The Hall–Kier alpha value is -2.70. The van der Waals surface area contributed by atoms with Gasteiger partial charge in [-0.1, -0.05) is 12.8 Å².